The highest BCUT2D eigenvalue weighted by atomic mass is 35.5. The summed E-state index contributed by atoms with van der Waals surface area (Å²) in [5.41, 5.74) is 1.95. The van der Waals surface area contributed by atoms with Crippen LogP contribution < -0.4 is 10.6 Å². The van der Waals surface area contributed by atoms with Gasteiger partial charge in [-0.15, -0.1) is 0 Å². The number of anilines is 1. The largest absolute Gasteiger partial charge is 0.346 e. The van der Waals surface area contributed by atoms with Crippen molar-refractivity contribution in [3.63, 3.8) is 0 Å². The number of aromatic nitrogens is 2. The fraction of sp³-hybridized carbons (Fsp3) is 0.227. The van der Waals surface area contributed by atoms with Gasteiger partial charge in [-0.1, -0.05) is 30.2 Å². The van der Waals surface area contributed by atoms with E-state index in [0.29, 0.717) is 10.7 Å². The van der Waals surface area contributed by atoms with Gasteiger partial charge in [0.1, 0.15) is 0 Å². The molecular weight excluding hydrogens is 388 g/mol. The molecule has 0 saturated heterocycles. The van der Waals surface area contributed by atoms with E-state index in [0.717, 1.165) is 30.5 Å². The van der Waals surface area contributed by atoms with E-state index in [1.807, 2.05) is 36.5 Å². The van der Waals surface area contributed by atoms with Gasteiger partial charge in [0, 0.05) is 23.1 Å². The number of carbonyl (C=O) groups excluding carboxylic acids is 2. The number of benzene rings is 2. The van der Waals surface area contributed by atoms with Gasteiger partial charge >= 0.3 is 0 Å². The van der Waals surface area contributed by atoms with Crippen LogP contribution in [0.25, 0.3) is 5.69 Å². The predicted molar refractivity (Wildman–Crippen MR) is 112 cm³/mol. The molecule has 2 amide bonds. The monoisotopic (exact) mass is 408 g/mol. The van der Waals surface area contributed by atoms with E-state index in [9.17, 15) is 9.59 Å². The molecule has 1 saturated carbocycles. The first-order valence-electron chi connectivity index (χ1n) is 9.51. The molecule has 0 spiro atoms. The Morgan fingerprint density at radius 3 is 2.38 bits per heavy atom. The minimum Gasteiger partial charge on any atom is -0.346 e. The average Bonchev–Trinajstić information content (AvgIpc) is 3.22. The van der Waals surface area contributed by atoms with Crippen LogP contribution in [-0.4, -0.2) is 28.1 Å². The molecule has 0 unspecified atom stereocenters. The fourth-order valence-corrected chi connectivity index (χ4v) is 3.73. The van der Waals surface area contributed by atoms with E-state index in [2.05, 4.69) is 15.7 Å². The molecule has 0 radical (unpaired) electrons. The normalized spacial score (nSPS) is 14.7. The van der Waals surface area contributed by atoms with Gasteiger partial charge in [-0.3, -0.25) is 9.59 Å². The number of rotatable bonds is 6. The SMILES string of the molecule is O=C(CNC(=O)C1(c2ccc(Cl)cc2)CCC1)Nc1ccc(-n2cccn2)cc1. The molecule has 1 heterocycles. The van der Waals surface area contributed by atoms with Gasteiger partial charge in [0.05, 0.1) is 17.6 Å². The standard InChI is InChI=1S/C22H21ClN4O2/c23-17-5-3-16(4-6-17)22(11-1-12-22)21(29)24-15-20(28)26-18-7-9-19(10-8-18)27-14-2-13-25-27/h2-10,13-14H,1,11-12,15H2,(H,24,29)(H,26,28). The lowest BCUT2D eigenvalue weighted by atomic mass is 9.64. The molecule has 1 aliphatic carbocycles. The summed E-state index contributed by atoms with van der Waals surface area (Å²) >= 11 is 5.96. The Morgan fingerprint density at radius 1 is 1.07 bits per heavy atom. The number of nitrogens with one attached hydrogen (secondary N) is 2. The Hall–Kier alpha value is -3.12. The molecular formula is C22H21ClN4O2. The minimum atomic E-state index is -0.559. The zero-order valence-corrected chi connectivity index (χ0v) is 16.5. The van der Waals surface area contributed by atoms with Crippen LogP contribution >= 0.6 is 11.6 Å². The lowest BCUT2D eigenvalue weighted by molar-refractivity contribution is -0.131. The number of hydrogen-bond acceptors (Lipinski definition) is 3. The van der Waals surface area contributed by atoms with E-state index in [-0.39, 0.29) is 18.4 Å². The van der Waals surface area contributed by atoms with Crippen LogP contribution in [-0.2, 0) is 15.0 Å². The number of carbonyl (C=O) groups is 2. The van der Waals surface area contributed by atoms with Crippen molar-refractivity contribution in [2.45, 2.75) is 24.7 Å². The van der Waals surface area contributed by atoms with Gasteiger partial charge in [0.25, 0.3) is 0 Å². The van der Waals surface area contributed by atoms with Crippen LogP contribution in [0.1, 0.15) is 24.8 Å². The number of hydrogen-bond donors (Lipinski definition) is 2. The third-order valence-electron chi connectivity index (χ3n) is 5.37. The van der Waals surface area contributed by atoms with Crippen molar-refractivity contribution in [3.05, 3.63) is 77.6 Å². The number of nitrogens with zero attached hydrogens (tertiary/aromatic N) is 2. The lowest BCUT2D eigenvalue weighted by Crippen LogP contribution is -2.50. The predicted octanol–water partition coefficient (Wildman–Crippen LogP) is 3.70. The second kappa shape index (κ2) is 8.09. The summed E-state index contributed by atoms with van der Waals surface area (Å²) in [6, 6.07) is 16.6. The van der Waals surface area contributed by atoms with Crippen LogP contribution in [0.15, 0.2) is 67.0 Å². The zero-order valence-electron chi connectivity index (χ0n) is 15.8. The van der Waals surface area contributed by atoms with Crippen molar-refractivity contribution in [1.29, 1.82) is 0 Å². The van der Waals surface area contributed by atoms with Gasteiger partial charge in [0.2, 0.25) is 11.8 Å². The van der Waals surface area contributed by atoms with E-state index >= 15 is 0 Å². The van der Waals surface area contributed by atoms with Gasteiger partial charge in [0.15, 0.2) is 0 Å². The maximum Gasteiger partial charge on any atom is 0.243 e. The first-order valence-corrected chi connectivity index (χ1v) is 9.89. The molecule has 6 nitrogen and oxygen atoms in total. The molecule has 4 rings (SSSR count). The van der Waals surface area contributed by atoms with E-state index in [1.165, 1.54) is 0 Å². The van der Waals surface area contributed by atoms with Crippen molar-refractivity contribution in [2.24, 2.45) is 0 Å². The highest BCUT2D eigenvalue weighted by Gasteiger charge is 2.45. The Labute approximate surface area is 173 Å². The molecule has 1 fully saturated rings. The van der Waals surface area contributed by atoms with Crippen LogP contribution in [0, 0.1) is 0 Å². The maximum absolute atomic E-state index is 12.8. The highest BCUT2D eigenvalue weighted by molar-refractivity contribution is 6.30. The van der Waals surface area contributed by atoms with E-state index in [4.69, 9.17) is 11.6 Å². The molecule has 2 N–H and O–H groups in total. The van der Waals surface area contributed by atoms with E-state index in [1.54, 1.807) is 35.1 Å². The van der Waals surface area contributed by atoms with Gasteiger partial charge in [-0.2, -0.15) is 5.10 Å². The molecule has 0 atom stereocenters. The smallest absolute Gasteiger partial charge is 0.243 e. The van der Waals surface area contributed by atoms with Gasteiger partial charge in [-0.25, -0.2) is 4.68 Å². The second-order valence-electron chi connectivity index (χ2n) is 7.17. The van der Waals surface area contributed by atoms with Crippen molar-refractivity contribution >= 4 is 29.1 Å². The Morgan fingerprint density at radius 2 is 1.79 bits per heavy atom. The van der Waals surface area contributed by atoms with Gasteiger partial charge < -0.3 is 10.6 Å². The quantitative estimate of drug-likeness (QED) is 0.653. The third kappa shape index (κ3) is 4.03. The molecule has 29 heavy (non-hydrogen) atoms. The summed E-state index contributed by atoms with van der Waals surface area (Å²) in [6.07, 6.45) is 6.09. The summed E-state index contributed by atoms with van der Waals surface area (Å²) in [5.74, 6) is -0.383. The van der Waals surface area contributed by atoms with Crippen molar-refractivity contribution in [2.75, 3.05) is 11.9 Å². The summed E-state index contributed by atoms with van der Waals surface area (Å²) in [4.78, 5) is 25.1. The first-order chi connectivity index (χ1) is 14.1. The molecule has 1 aromatic heterocycles. The molecule has 0 bridgehead atoms. The van der Waals surface area contributed by atoms with Gasteiger partial charge in [-0.05, 0) is 60.9 Å². The Bertz CT molecular complexity index is 994. The number of halogens is 1. The highest BCUT2D eigenvalue weighted by Crippen LogP contribution is 2.44. The Balaban J connectivity index is 1.34. The molecule has 148 valence electrons. The van der Waals surface area contributed by atoms with Crippen LogP contribution in [0.3, 0.4) is 0 Å². The van der Waals surface area contributed by atoms with Crippen molar-refractivity contribution in [3.8, 4) is 5.69 Å². The Kier molecular flexibility index (Phi) is 5.36. The third-order valence-corrected chi connectivity index (χ3v) is 5.62. The average molecular weight is 409 g/mol. The summed E-state index contributed by atoms with van der Waals surface area (Å²) in [6.45, 7) is -0.0743. The van der Waals surface area contributed by atoms with Crippen LogP contribution in [0.4, 0.5) is 5.69 Å². The minimum absolute atomic E-state index is 0.0743. The van der Waals surface area contributed by atoms with E-state index < -0.39 is 5.41 Å². The second-order valence-corrected chi connectivity index (χ2v) is 7.61. The molecule has 2 aromatic carbocycles. The van der Waals surface area contributed by atoms with Crippen molar-refractivity contribution < 1.29 is 9.59 Å². The van der Waals surface area contributed by atoms with Crippen molar-refractivity contribution in [1.82, 2.24) is 15.1 Å². The number of amides is 2. The zero-order chi connectivity index (χ0) is 20.3. The van der Waals surface area contributed by atoms with Crippen LogP contribution in [0.2, 0.25) is 5.02 Å². The lowest BCUT2D eigenvalue weighted by Gasteiger charge is -2.40. The molecule has 3 aromatic rings. The summed E-state index contributed by atoms with van der Waals surface area (Å²) in [7, 11) is 0. The molecule has 0 aliphatic heterocycles. The van der Waals surface area contributed by atoms with Crippen LogP contribution in [0.5, 0.6) is 0 Å². The molecule has 7 heteroatoms. The maximum atomic E-state index is 12.8. The molecule has 1 aliphatic rings. The summed E-state index contributed by atoms with van der Waals surface area (Å²) < 4.78 is 1.74. The summed E-state index contributed by atoms with van der Waals surface area (Å²) in [5, 5.41) is 10.4. The fourth-order valence-electron chi connectivity index (χ4n) is 3.60. The first kappa shape index (κ1) is 19.2. The topological polar surface area (TPSA) is 76.0 Å².